The second-order valence-corrected chi connectivity index (χ2v) is 5.08. The van der Waals surface area contributed by atoms with Gasteiger partial charge in [-0.2, -0.15) is 0 Å². The molecule has 4 heteroatoms. The second-order valence-electron chi connectivity index (χ2n) is 5.08. The SMILES string of the molecule is CCN(CC)CCCN(CC)C(=O)CC1CNC1. The Morgan fingerprint density at radius 3 is 2.22 bits per heavy atom. The van der Waals surface area contributed by atoms with Gasteiger partial charge in [-0.1, -0.05) is 13.8 Å². The smallest absolute Gasteiger partial charge is 0.222 e. The maximum Gasteiger partial charge on any atom is 0.222 e. The highest BCUT2D eigenvalue weighted by molar-refractivity contribution is 5.76. The van der Waals surface area contributed by atoms with Gasteiger partial charge in [-0.25, -0.2) is 0 Å². The summed E-state index contributed by atoms with van der Waals surface area (Å²) in [4.78, 5) is 16.5. The van der Waals surface area contributed by atoms with Crippen molar-refractivity contribution in [3.63, 3.8) is 0 Å². The number of rotatable bonds is 9. The Morgan fingerprint density at radius 1 is 1.11 bits per heavy atom. The van der Waals surface area contributed by atoms with Crippen molar-refractivity contribution in [2.45, 2.75) is 33.6 Å². The van der Waals surface area contributed by atoms with Crippen molar-refractivity contribution in [1.82, 2.24) is 15.1 Å². The molecule has 0 aromatic rings. The van der Waals surface area contributed by atoms with Gasteiger partial charge in [0.2, 0.25) is 5.91 Å². The fraction of sp³-hybridized carbons (Fsp3) is 0.929. The molecule has 0 atom stereocenters. The van der Waals surface area contributed by atoms with Crippen LogP contribution in [0, 0.1) is 5.92 Å². The van der Waals surface area contributed by atoms with E-state index in [1.54, 1.807) is 0 Å². The van der Waals surface area contributed by atoms with Gasteiger partial charge >= 0.3 is 0 Å². The molecule has 1 N–H and O–H groups in total. The molecule has 1 aliphatic heterocycles. The number of nitrogens with one attached hydrogen (secondary N) is 1. The highest BCUT2D eigenvalue weighted by Crippen LogP contribution is 2.10. The van der Waals surface area contributed by atoms with Crippen LogP contribution in [0.4, 0.5) is 0 Å². The van der Waals surface area contributed by atoms with E-state index < -0.39 is 0 Å². The van der Waals surface area contributed by atoms with Crippen LogP contribution in [-0.4, -0.2) is 61.5 Å². The lowest BCUT2D eigenvalue weighted by Crippen LogP contribution is -2.45. The molecule has 1 aliphatic rings. The molecule has 1 rings (SSSR count). The van der Waals surface area contributed by atoms with E-state index in [9.17, 15) is 4.79 Å². The monoisotopic (exact) mass is 255 g/mol. The first-order valence-electron chi connectivity index (χ1n) is 7.42. The minimum atomic E-state index is 0.337. The van der Waals surface area contributed by atoms with Gasteiger partial charge in [0.15, 0.2) is 0 Å². The Labute approximate surface area is 112 Å². The molecule has 0 bridgehead atoms. The van der Waals surface area contributed by atoms with Crippen LogP contribution < -0.4 is 5.32 Å². The van der Waals surface area contributed by atoms with Gasteiger partial charge in [0, 0.05) is 19.5 Å². The van der Waals surface area contributed by atoms with Gasteiger partial charge in [0.25, 0.3) is 0 Å². The molecule has 1 heterocycles. The lowest BCUT2D eigenvalue weighted by atomic mass is 9.98. The van der Waals surface area contributed by atoms with Crippen molar-refractivity contribution in [3.05, 3.63) is 0 Å². The molecule has 0 aromatic heterocycles. The van der Waals surface area contributed by atoms with Gasteiger partial charge in [0.05, 0.1) is 0 Å². The fourth-order valence-electron chi connectivity index (χ4n) is 2.35. The van der Waals surface area contributed by atoms with Crippen LogP contribution in [0.2, 0.25) is 0 Å². The summed E-state index contributed by atoms with van der Waals surface area (Å²) < 4.78 is 0. The van der Waals surface area contributed by atoms with Crippen molar-refractivity contribution in [2.75, 3.05) is 45.8 Å². The molecule has 1 saturated heterocycles. The van der Waals surface area contributed by atoms with Crippen LogP contribution in [0.3, 0.4) is 0 Å². The van der Waals surface area contributed by atoms with E-state index in [1.807, 2.05) is 4.90 Å². The Hall–Kier alpha value is -0.610. The van der Waals surface area contributed by atoms with E-state index in [2.05, 4.69) is 31.0 Å². The zero-order valence-electron chi connectivity index (χ0n) is 12.2. The average Bonchev–Trinajstić information content (AvgIpc) is 2.34. The topological polar surface area (TPSA) is 35.6 Å². The molecular formula is C14H29N3O. The van der Waals surface area contributed by atoms with E-state index in [1.165, 1.54) is 0 Å². The summed E-state index contributed by atoms with van der Waals surface area (Å²) in [5.41, 5.74) is 0. The quantitative estimate of drug-likeness (QED) is 0.672. The molecule has 0 unspecified atom stereocenters. The summed E-state index contributed by atoms with van der Waals surface area (Å²) in [6, 6.07) is 0. The Balaban J connectivity index is 2.20. The summed E-state index contributed by atoms with van der Waals surface area (Å²) in [6.45, 7) is 13.5. The minimum absolute atomic E-state index is 0.337. The molecule has 0 radical (unpaired) electrons. The number of nitrogens with zero attached hydrogens (tertiary/aromatic N) is 2. The molecule has 4 nitrogen and oxygen atoms in total. The molecule has 106 valence electrons. The maximum absolute atomic E-state index is 12.1. The molecule has 0 saturated carbocycles. The number of hydrogen-bond acceptors (Lipinski definition) is 3. The Bertz CT molecular complexity index is 237. The summed E-state index contributed by atoms with van der Waals surface area (Å²) in [5, 5.41) is 3.22. The maximum atomic E-state index is 12.1. The van der Waals surface area contributed by atoms with E-state index in [4.69, 9.17) is 0 Å². The molecule has 1 amide bonds. The van der Waals surface area contributed by atoms with Crippen LogP contribution in [-0.2, 0) is 4.79 Å². The highest BCUT2D eigenvalue weighted by atomic mass is 16.2. The Morgan fingerprint density at radius 2 is 1.78 bits per heavy atom. The molecule has 0 spiro atoms. The average molecular weight is 255 g/mol. The van der Waals surface area contributed by atoms with E-state index in [0.29, 0.717) is 11.8 Å². The minimum Gasteiger partial charge on any atom is -0.343 e. The zero-order valence-corrected chi connectivity index (χ0v) is 12.2. The number of hydrogen-bond donors (Lipinski definition) is 1. The third-order valence-electron chi connectivity index (χ3n) is 3.86. The first-order valence-corrected chi connectivity index (χ1v) is 7.42. The van der Waals surface area contributed by atoms with Gasteiger partial charge in [-0.05, 0) is 52.0 Å². The standard InChI is InChI=1S/C14H29N3O/c1-4-16(5-2)8-7-9-17(6-3)14(18)10-13-11-15-12-13/h13,15H,4-12H2,1-3H3. The molecular weight excluding hydrogens is 226 g/mol. The highest BCUT2D eigenvalue weighted by Gasteiger charge is 2.22. The normalized spacial score (nSPS) is 15.8. The van der Waals surface area contributed by atoms with Gasteiger partial charge in [-0.15, -0.1) is 0 Å². The third kappa shape index (κ3) is 4.94. The van der Waals surface area contributed by atoms with Crippen LogP contribution in [0.5, 0.6) is 0 Å². The van der Waals surface area contributed by atoms with Crippen LogP contribution in [0.25, 0.3) is 0 Å². The third-order valence-corrected chi connectivity index (χ3v) is 3.86. The predicted molar refractivity (Wildman–Crippen MR) is 75.6 cm³/mol. The molecule has 1 fully saturated rings. The molecule has 0 aliphatic carbocycles. The van der Waals surface area contributed by atoms with Crippen molar-refractivity contribution < 1.29 is 4.79 Å². The van der Waals surface area contributed by atoms with Crippen molar-refractivity contribution in [2.24, 2.45) is 5.92 Å². The van der Waals surface area contributed by atoms with E-state index >= 15 is 0 Å². The second kappa shape index (κ2) is 8.48. The van der Waals surface area contributed by atoms with E-state index in [-0.39, 0.29) is 0 Å². The summed E-state index contributed by atoms with van der Waals surface area (Å²) >= 11 is 0. The number of carbonyl (C=O) groups excluding carboxylic acids is 1. The largest absolute Gasteiger partial charge is 0.343 e. The first kappa shape index (κ1) is 15.4. The van der Waals surface area contributed by atoms with Gasteiger partial charge in [0.1, 0.15) is 0 Å². The molecule has 18 heavy (non-hydrogen) atoms. The van der Waals surface area contributed by atoms with Crippen LogP contribution in [0.1, 0.15) is 33.6 Å². The van der Waals surface area contributed by atoms with Gasteiger partial charge in [-0.3, -0.25) is 4.79 Å². The zero-order chi connectivity index (χ0) is 13.4. The number of carbonyl (C=O) groups is 1. The molecule has 0 aromatic carbocycles. The van der Waals surface area contributed by atoms with Crippen molar-refractivity contribution >= 4 is 5.91 Å². The lowest BCUT2D eigenvalue weighted by molar-refractivity contribution is -0.132. The lowest BCUT2D eigenvalue weighted by Gasteiger charge is -2.30. The summed E-state index contributed by atoms with van der Waals surface area (Å²) in [5.74, 6) is 0.915. The summed E-state index contributed by atoms with van der Waals surface area (Å²) in [6.07, 6.45) is 1.82. The van der Waals surface area contributed by atoms with Crippen molar-refractivity contribution in [1.29, 1.82) is 0 Å². The first-order chi connectivity index (χ1) is 8.71. The van der Waals surface area contributed by atoms with Gasteiger partial charge < -0.3 is 15.1 Å². The van der Waals surface area contributed by atoms with Crippen LogP contribution >= 0.6 is 0 Å². The summed E-state index contributed by atoms with van der Waals surface area (Å²) in [7, 11) is 0. The fourth-order valence-corrected chi connectivity index (χ4v) is 2.35. The van der Waals surface area contributed by atoms with Crippen LogP contribution in [0.15, 0.2) is 0 Å². The van der Waals surface area contributed by atoms with Crippen molar-refractivity contribution in [3.8, 4) is 0 Å². The predicted octanol–water partition coefficient (Wildman–Crippen LogP) is 1.18. The Kier molecular flexibility index (Phi) is 7.28. The van der Waals surface area contributed by atoms with E-state index in [0.717, 1.165) is 58.7 Å². The number of amides is 1.